The third-order valence-corrected chi connectivity index (χ3v) is 7.42. The maximum Gasteiger partial charge on any atom is 0.0346 e. The molecule has 0 unspecified atom stereocenters. The Morgan fingerprint density at radius 2 is 0.953 bits per heavy atom. The summed E-state index contributed by atoms with van der Waals surface area (Å²) in [6, 6.07) is 40.9. The van der Waals surface area contributed by atoms with Crippen LogP contribution in [0, 0.1) is 0 Å². The van der Waals surface area contributed by atoms with Crippen LogP contribution >= 0.6 is 0 Å². The molecule has 0 aliphatic carbocycles. The van der Waals surface area contributed by atoms with Crippen molar-refractivity contribution in [1.82, 2.24) is 9.97 Å². The summed E-state index contributed by atoms with van der Waals surface area (Å²) in [4.78, 5) is 12.7. The molecule has 3 nitrogen and oxygen atoms in total. The molecule has 6 aromatic rings. The molecule has 43 heavy (non-hydrogen) atoms. The minimum Gasteiger partial charge on any atom is -0.272 e. The fourth-order valence-electron chi connectivity index (χ4n) is 5.32. The molecule has 4 aromatic carbocycles. The molecule has 0 N–H and O–H groups in total. The van der Waals surface area contributed by atoms with Gasteiger partial charge in [0.1, 0.15) is 0 Å². The summed E-state index contributed by atoms with van der Waals surface area (Å²) >= 11 is 0. The van der Waals surface area contributed by atoms with Gasteiger partial charge in [-0.1, -0.05) is 78.9 Å². The molecule has 0 aliphatic rings. The van der Waals surface area contributed by atoms with Gasteiger partial charge in [0.2, 0.25) is 0 Å². The van der Waals surface area contributed by atoms with Gasteiger partial charge in [0.25, 0.3) is 0 Å². The first-order chi connectivity index (χ1) is 21.2. The lowest BCUT2D eigenvalue weighted by Crippen LogP contribution is -1.89. The molecule has 6 rings (SSSR count). The number of rotatable bonds is 8. The van der Waals surface area contributed by atoms with Gasteiger partial charge in [-0.2, -0.15) is 0 Å². The third-order valence-electron chi connectivity index (χ3n) is 7.42. The van der Waals surface area contributed by atoms with Crippen molar-refractivity contribution < 1.29 is 0 Å². The molecule has 2 heterocycles. The first-order valence-corrected chi connectivity index (χ1v) is 14.3. The smallest absolute Gasteiger partial charge is 0.0346 e. The summed E-state index contributed by atoms with van der Waals surface area (Å²) in [5.74, 6) is 0. The predicted molar refractivity (Wildman–Crippen MR) is 182 cm³/mol. The highest BCUT2D eigenvalue weighted by atomic mass is 14.6. The third kappa shape index (κ3) is 6.32. The molecule has 0 fully saturated rings. The van der Waals surface area contributed by atoms with Gasteiger partial charge in [-0.05, 0) is 118 Å². The SMILES string of the molecule is C=N/C=C(\C=C/C)c1cccc(-c2cc(-c3cccc(-c4cccnc4)c3)cc(-c3cccc(-c4cccnc4)c3)c2)c1. The van der Waals surface area contributed by atoms with Crippen molar-refractivity contribution in [3.8, 4) is 55.6 Å². The van der Waals surface area contributed by atoms with E-state index in [1.54, 1.807) is 18.6 Å². The van der Waals surface area contributed by atoms with E-state index < -0.39 is 0 Å². The van der Waals surface area contributed by atoms with Crippen LogP contribution in [0.2, 0.25) is 0 Å². The number of aromatic nitrogens is 2. The van der Waals surface area contributed by atoms with Crippen LogP contribution in [0.3, 0.4) is 0 Å². The average molecular weight is 554 g/mol. The second-order valence-electron chi connectivity index (χ2n) is 10.3. The zero-order valence-corrected chi connectivity index (χ0v) is 24.1. The van der Waals surface area contributed by atoms with Gasteiger partial charge in [0, 0.05) is 42.1 Å². The summed E-state index contributed by atoms with van der Waals surface area (Å²) in [5.41, 5.74) is 13.4. The van der Waals surface area contributed by atoms with Gasteiger partial charge >= 0.3 is 0 Å². The molecule has 206 valence electrons. The van der Waals surface area contributed by atoms with Crippen molar-refractivity contribution in [3.05, 3.63) is 164 Å². The number of hydrogen-bond acceptors (Lipinski definition) is 3. The van der Waals surface area contributed by atoms with Crippen molar-refractivity contribution in [2.75, 3.05) is 0 Å². The molecule has 0 amide bonds. The monoisotopic (exact) mass is 553 g/mol. The molecular weight excluding hydrogens is 522 g/mol. The summed E-state index contributed by atoms with van der Waals surface area (Å²) in [7, 11) is 0. The van der Waals surface area contributed by atoms with Crippen molar-refractivity contribution in [1.29, 1.82) is 0 Å². The summed E-state index contributed by atoms with van der Waals surface area (Å²) in [6.07, 6.45) is 13.3. The Morgan fingerprint density at radius 3 is 1.40 bits per heavy atom. The van der Waals surface area contributed by atoms with Crippen LogP contribution in [0.15, 0.2) is 163 Å². The molecule has 0 saturated heterocycles. The number of benzene rings is 4. The van der Waals surface area contributed by atoms with E-state index in [0.29, 0.717) is 0 Å². The van der Waals surface area contributed by atoms with Gasteiger partial charge < -0.3 is 0 Å². The van der Waals surface area contributed by atoms with Crippen molar-refractivity contribution in [2.45, 2.75) is 6.92 Å². The van der Waals surface area contributed by atoms with E-state index in [1.807, 2.05) is 37.5 Å². The number of nitrogens with zero attached hydrogens (tertiary/aromatic N) is 3. The lowest BCUT2D eigenvalue weighted by atomic mass is 9.90. The van der Waals surface area contributed by atoms with E-state index in [-0.39, 0.29) is 0 Å². The van der Waals surface area contributed by atoms with Crippen LogP contribution in [0.4, 0.5) is 0 Å². The van der Waals surface area contributed by atoms with Gasteiger partial charge in [-0.3, -0.25) is 15.0 Å². The summed E-state index contributed by atoms with van der Waals surface area (Å²) in [6.45, 7) is 5.68. The minimum absolute atomic E-state index is 1.02. The molecule has 0 spiro atoms. The highest BCUT2D eigenvalue weighted by Crippen LogP contribution is 2.36. The van der Waals surface area contributed by atoms with Crippen LogP contribution < -0.4 is 0 Å². The van der Waals surface area contributed by atoms with Crippen molar-refractivity contribution >= 4 is 12.3 Å². The number of aliphatic imine (C=N–C) groups is 1. The molecule has 0 atom stereocenters. The maximum atomic E-state index is 4.33. The Labute approximate surface area is 253 Å². The van der Waals surface area contributed by atoms with E-state index >= 15 is 0 Å². The zero-order chi connectivity index (χ0) is 29.4. The van der Waals surface area contributed by atoms with Crippen molar-refractivity contribution in [3.63, 3.8) is 0 Å². The standard InChI is InChI=1S/C40H31N3/c1-3-9-35(26-41-2)29-10-4-13-32(20-29)38-23-39(33-14-5-11-30(21-33)36-16-7-18-42-27-36)25-40(24-38)34-15-6-12-31(22-34)37-17-8-19-43-28-37/h3-28H,2H2,1H3/b9-3-,35-26+. The molecular formula is C40H31N3. The van der Waals surface area contributed by atoms with E-state index in [4.69, 9.17) is 0 Å². The van der Waals surface area contributed by atoms with E-state index in [0.717, 1.165) is 66.8 Å². The topological polar surface area (TPSA) is 38.1 Å². The Morgan fingerprint density at radius 1 is 0.535 bits per heavy atom. The van der Waals surface area contributed by atoms with Gasteiger partial charge in [-0.15, -0.1) is 0 Å². The zero-order valence-electron chi connectivity index (χ0n) is 24.1. The minimum atomic E-state index is 1.02. The summed E-state index contributed by atoms with van der Waals surface area (Å²) in [5, 5.41) is 0. The van der Waals surface area contributed by atoms with Gasteiger partial charge in [-0.25, -0.2) is 0 Å². The fourth-order valence-corrected chi connectivity index (χ4v) is 5.32. The lowest BCUT2D eigenvalue weighted by Gasteiger charge is -2.14. The van der Waals surface area contributed by atoms with E-state index in [9.17, 15) is 0 Å². The van der Waals surface area contributed by atoms with Gasteiger partial charge in [0.15, 0.2) is 0 Å². The fraction of sp³-hybridized carbons (Fsp3) is 0.0250. The first-order valence-electron chi connectivity index (χ1n) is 14.3. The Hall–Kier alpha value is -5.67. The van der Waals surface area contributed by atoms with E-state index in [2.05, 4.69) is 131 Å². The molecule has 0 bridgehead atoms. The van der Waals surface area contributed by atoms with Gasteiger partial charge in [0.05, 0.1) is 0 Å². The second kappa shape index (κ2) is 12.9. The number of pyridine rings is 2. The molecule has 0 aliphatic heterocycles. The highest BCUT2D eigenvalue weighted by Gasteiger charge is 2.11. The Balaban J connectivity index is 1.51. The molecule has 3 heteroatoms. The molecule has 0 saturated carbocycles. The molecule has 0 radical (unpaired) electrons. The average Bonchev–Trinajstić information content (AvgIpc) is 3.09. The van der Waals surface area contributed by atoms with Crippen LogP contribution in [-0.2, 0) is 0 Å². The quantitative estimate of drug-likeness (QED) is 0.139. The van der Waals surface area contributed by atoms with Crippen LogP contribution in [-0.4, -0.2) is 16.7 Å². The molecule has 2 aromatic heterocycles. The largest absolute Gasteiger partial charge is 0.272 e. The van der Waals surface area contributed by atoms with Crippen LogP contribution in [0.25, 0.3) is 61.2 Å². The maximum absolute atomic E-state index is 4.33. The summed E-state index contributed by atoms with van der Waals surface area (Å²) < 4.78 is 0. The predicted octanol–water partition coefficient (Wildman–Crippen LogP) is 10.4. The highest BCUT2D eigenvalue weighted by molar-refractivity contribution is 5.85. The normalized spacial score (nSPS) is 11.5. The van der Waals surface area contributed by atoms with Crippen molar-refractivity contribution in [2.24, 2.45) is 4.99 Å². The Kier molecular flexibility index (Phi) is 8.24. The number of allylic oxidation sites excluding steroid dienone is 3. The number of hydrogen-bond donors (Lipinski definition) is 0. The lowest BCUT2D eigenvalue weighted by molar-refractivity contribution is 1.33. The Bertz CT molecular complexity index is 1840. The van der Waals surface area contributed by atoms with Crippen LogP contribution in [0.1, 0.15) is 12.5 Å². The second-order valence-corrected chi connectivity index (χ2v) is 10.3. The van der Waals surface area contributed by atoms with Crippen LogP contribution in [0.5, 0.6) is 0 Å². The van der Waals surface area contributed by atoms with E-state index in [1.165, 1.54) is 0 Å². The first kappa shape index (κ1) is 27.5.